The van der Waals surface area contributed by atoms with Gasteiger partial charge in [-0.15, -0.1) is 12.6 Å². The van der Waals surface area contributed by atoms with Crippen LogP contribution in [0.4, 0.5) is 11.4 Å². The minimum absolute atomic E-state index is 0.0106. The lowest BCUT2D eigenvalue weighted by Crippen LogP contribution is -2.25. The van der Waals surface area contributed by atoms with Crippen LogP contribution in [0.1, 0.15) is 16.7 Å². The largest absolute Gasteiger partial charge is 0.275 e. The molecule has 3 aromatic rings. The van der Waals surface area contributed by atoms with Crippen molar-refractivity contribution >= 4 is 41.7 Å². The molecule has 0 fully saturated rings. The lowest BCUT2D eigenvalue weighted by Gasteiger charge is -2.22. The van der Waals surface area contributed by atoms with Gasteiger partial charge < -0.3 is 0 Å². The number of carbonyl (C=O) groups excluding carboxylic acids is 1. The minimum atomic E-state index is -0.446. The molecule has 1 heterocycles. The number of benzene rings is 3. The van der Waals surface area contributed by atoms with E-state index in [1.165, 1.54) is 12.1 Å². The Hall–Kier alpha value is -3.64. The maximum atomic E-state index is 13.4. The summed E-state index contributed by atoms with van der Waals surface area (Å²) >= 11 is 4.54. The average molecular weight is 414 g/mol. The van der Waals surface area contributed by atoms with Crippen molar-refractivity contribution in [3.63, 3.8) is 0 Å². The van der Waals surface area contributed by atoms with Crippen molar-refractivity contribution in [2.75, 3.05) is 4.90 Å². The van der Waals surface area contributed by atoms with Gasteiger partial charge in [0.15, 0.2) is 0 Å². The Balaban J connectivity index is 1.80. The number of anilines is 1. The summed E-state index contributed by atoms with van der Waals surface area (Å²) in [6.07, 6.45) is 3.58. The van der Waals surface area contributed by atoms with Crippen molar-refractivity contribution in [2.24, 2.45) is 0 Å². The molecule has 0 aliphatic carbocycles. The molecule has 1 aliphatic heterocycles. The lowest BCUT2D eigenvalue weighted by molar-refractivity contribution is -0.384. The molecule has 0 N–H and O–H groups in total. The molecule has 1 aliphatic rings. The molecular weight excluding hydrogens is 396 g/mol. The van der Waals surface area contributed by atoms with Gasteiger partial charge in [0.2, 0.25) is 0 Å². The molecule has 6 heteroatoms. The summed E-state index contributed by atoms with van der Waals surface area (Å²) in [6, 6.07) is 21.5. The van der Waals surface area contributed by atoms with Crippen LogP contribution in [0.3, 0.4) is 0 Å². The third-order valence-corrected chi connectivity index (χ3v) is 5.26. The highest BCUT2D eigenvalue weighted by molar-refractivity contribution is 7.80. The fourth-order valence-corrected chi connectivity index (χ4v) is 3.58. The Morgan fingerprint density at radius 2 is 1.63 bits per heavy atom. The first kappa shape index (κ1) is 19.7. The first-order valence-corrected chi connectivity index (χ1v) is 9.76. The monoisotopic (exact) mass is 414 g/mol. The van der Waals surface area contributed by atoms with Gasteiger partial charge in [-0.05, 0) is 54.5 Å². The maximum absolute atomic E-state index is 13.4. The van der Waals surface area contributed by atoms with E-state index in [2.05, 4.69) is 12.6 Å². The summed E-state index contributed by atoms with van der Waals surface area (Å²) in [7, 11) is 0. The van der Waals surface area contributed by atoms with E-state index in [0.717, 1.165) is 16.8 Å². The Morgan fingerprint density at radius 3 is 2.27 bits per heavy atom. The van der Waals surface area contributed by atoms with Crippen LogP contribution in [0.5, 0.6) is 0 Å². The number of aryl methyl sites for hydroxylation is 1. The molecule has 148 valence electrons. The number of non-ortho nitro benzene ring substituents is 1. The summed E-state index contributed by atoms with van der Waals surface area (Å²) in [6.45, 7) is 2.01. The number of hydrogen-bond donors (Lipinski definition) is 1. The van der Waals surface area contributed by atoms with E-state index >= 15 is 0 Å². The van der Waals surface area contributed by atoms with Crippen molar-refractivity contribution in [1.29, 1.82) is 0 Å². The highest BCUT2D eigenvalue weighted by Gasteiger charge is 2.31. The van der Waals surface area contributed by atoms with Gasteiger partial charge in [0.1, 0.15) is 0 Å². The van der Waals surface area contributed by atoms with Crippen LogP contribution in [0.15, 0.2) is 89.3 Å². The summed E-state index contributed by atoms with van der Waals surface area (Å²) < 4.78 is 0. The van der Waals surface area contributed by atoms with Crippen molar-refractivity contribution < 1.29 is 9.72 Å². The Labute approximate surface area is 179 Å². The molecule has 0 saturated heterocycles. The normalized spacial score (nSPS) is 14.9. The van der Waals surface area contributed by atoms with E-state index in [1.54, 1.807) is 23.1 Å². The third-order valence-electron chi connectivity index (χ3n) is 4.88. The molecule has 30 heavy (non-hydrogen) atoms. The minimum Gasteiger partial charge on any atom is -0.275 e. The van der Waals surface area contributed by atoms with E-state index < -0.39 is 4.92 Å². The smallest absolute Gasteiger partial charge is 0.269 e. The number of nitrogens with zero attached hydrogens (tertiary/aromatic N) is 2. The highest BCUT2D eigenvalue weighted by atomic mass is 32.1. The molecule has 3 aromatic carbocycles. The molecule has 0 radical (unpaired) electrons. The molecule has 0 unspecified atom stereocenters. The van der Waals surface area contributed by atoms with Crippen LogP contribution < -0.4 is 4.90 Å². The fourth-order valence-electron chi connectivity index (χ4n) is 3.32. The predicted octanol–water partition coefficient (Wildman–Crippen LogP) is 5.66. The van der Waals surface area contributed by atoms with E-state index in [-0.39, 0.29) is 11.6 Å². The number of amides is 1. The van der Waals surface area contributed by atoms with Gasteiger partial charge >= 0.3 is 0 Å². The van der Waals surface area contributed by atoms with Gasteiger partial charge in [0, 0.05) is 22.6 Å². The van der Waals surface area contributed by atoms with E-state index in [9.17, 15) is 14.9 Å². The number of nitro benzene ring substituents is 1. The molecule has 0 spiro atoms. The van der Waals surface area contributed by atoms with Crippen LogP contribution in [-0.4, -0.2) is 10.8 Å². The molecule has 0 atom stereocenters. The molecule has 4 rings (SSSR count). The molecule has 0 saturated carbocycles. The fraction of sp³-hybridized carbons (Fsp3) is 0.0417. The van der Waals surface area contributed by atoms with Gasteiger partial charge in [-0.25, -0.2) is 0 Å². The standard InChI is InChI=1S/C24H18N2O3S/c1-16-6-10-18(11-7-16)22-15-19(14-17-8-12-20(13-9-17)26(28)29)24(27)25(22)21-4-2-3-5-23(21)30/h2-15,30H,1H3/b19-14+. The van der Waals surface area contributed by atoms with Crippen LogP contribution in [-0.2, 0) is 4.79 Å². The number of carbonyl (C=O) groups is 1. The SMILES string of the molecule is Cc1ccc(C2=C/C(=C\c3ccc([N+](=O)[O-])cc3)C(=O)N2c2ccccc2S)cc1. The number of thiol groups is 1. The van der Waals surface area contributed by atoms with E-state index in [4.69, 9.17) is 0 Å². The quantitative estimate of drug-likeness (QED) is 0.259. The number of nitro groups is 1. The van der Waals surface area contributed by atoms with Crippen LogP contribution >= 0.6 is 12.6 Å². The van der Waals surface area contributed by atoms with Gasteiger partial charge in [-0.3, -0.25) is 19.8 Å². The van der Waals surface area contributed by atoms with Gasteiger partial charge in [0.05, 0.1) is 16.3 Å². The van der Waals surface area contributed by atoms with Crippen LogP contribution in [0.25, 0.3) is 11.8 Å². The van der Waals surface area contributed by atoms with E-state index in [1.807, 2.05) is 61.5 Å². The summed E-state index contributed by atoms with van der Waals surface area (Å²) in [5.41, 5.74) is 4.72. The first-order chi connectivity index (χ1) is 14.4. The van der Waals surface area contributed by atoms with Gasteiger partial charge in [-0.2, -0.15) is 0 Å². The molecular formula is C24H18N2O3S. The Kier molecular flexibility index (Phi) is 5.25. The summed E-state index contributed by atoms with van der Waals surface area (Å²) in [5, 5.41) is 10.9. The number of rotatable bonds is 4. The van der Waals surface area contributed by atoms with Crippen molar-refractivity contribution in [3.05, 3.63) is 111 Å². The maximum Gasteiger partial charge on any atom is 0.269 e. The van der Waals surface area contributed by atoms with E-state index in [0.29, 0.717) is 21.7 Å². The van der Waals surface area contributed by atoms with Crippen LogP contribution in [0, 0.1) is 17.0 Å². The predicted molar refractivity (Wildman–Crippen MR) is 121 cm³/mol. The Bertz CT molecular complexity index is 1200. The number of hydrogen-bond acceptors (Lipinski definition) is 4. The van der Waals surface area contributed by atoms with Crippen molar-refractivity contribution in [2.45, 2.75) is 11.8 Å². The molecule has 0 bridgehead atoms. The van der Waals surface area contributed by atoms with Crippen molar-refractivity contribution in [1.82, 2.24) is 0 Å². The number of para-hydroxylation sites is 1. The molecule has 5 nitrogen and oxygen atoms in total. The zero-order chi connectivity index (χ0) is 21.3. The third kappa shape index (κ3) is 3.77. The second-order valence-corrected chi connectivity index (χ2v) is 7.46. The second kappa shape index (κ2) is 8.00. The second-order valence-electron chi connectivity index (χ2n) is 6.97. The molecule has 1 amide bonds. The zero-order valence-electron chi connectivity index (χ0n) is 16.1. The van der Waals surface area contributed by atoms with Crippen LogP contribution in [0.2, 0.25) is 0 Å². The van der Waals surface area contributed by atoms with Crippen molar-refractivity contribution in [3.8, 4) is 0 Å². The summed E-state index contributed by atoms with van der Waals surface area (Å²) in [5.74, 6) is -0.176. The average Bonchev–Trinajstić information content (AvgIpc) is 3.05. The highest BCUT2D eigenvalue weighted by Crippen LogP contribution is 2.38. The Morgan fingerprint density at radius 1 is 0.967 bits per heavy atom. The van der Waals surface area contributed by atoms with Gasteiger partial charge in [-0.1, -0.05) is 42.0 Å². The summed E-state index contributed by atoms with van der Waals surface area (Å²) in [4.78, 5) is 26.1. The lowest BCUT2D eigenvalue weighted by atomic mass is 10.1. The first-order valence-electron chi connectivity index (χ1n) is 9.31. The van der Waals surface area contributed by atoms with Gasteiger partial charge in [0.25, 0.3) is 11.6 Å². The molecule has 0 aromatic heterocycles. The topological polar surface area (TPSA) is 63.5 Å². The zero-order valence-corrected chi connectivity index (χ0v) is 17.0.